The summed E-state index contributed by atoms with van der Waals surface area (Å²) in [6.07, 6.45) is 1.33. The maximum atomic E-state index is 12.1. The van der Waals surface area contributed by atoms with E-state index < -0.39 is 0 Å². The Labute approximate surface area is 100 Å². The molecule has 1 saturated heterocycles. The van der Waals surface area contributed by atoms with E-state index in [4.69, 9.17) is 10.00 Å². The zero-order valence-corrected chi connectivity index (χ0v) is 9.72. The Bertz CT molecular complexity index is 459. The molecule has 1 aliphatic heterocycles. The van der Waals surface area contributed by atoms with Crippen molar-refractivity contribution in [3.63, 3.8) is 0 Å². The first-order valence-corrected chi connectivity index (χ1v) is 5.62. The van der Waals surface area contributed by atoms with Gasteiger partial charge < -0.3 is 9.64 Å². The van der Waals surface area contributed by atoms with Crippen LogP contribution in [0, 0.1) is 11.3 Å². The van der Waals surface area contributed by atoms with Crippen LogP contribution in [0.2, 0.25) is 0 Å². The van der Waals surface area contributed by atoms with Crippen LogP contribution in [0.3, 0.4) is 0 Å². The SMILES string of the molecule is CN(C(=O)C1CCCO1)c1ccccc1C#N. The molecule has 0 saturated carbocycles. The van der Waals surface area contributed by atoms with Gasteiger partial charge in [0.2, 0.25) is 0 Å². The molecule has 1 unspecified atom stereocenters. The zero-order chi connectivity index (χ0) is 12.3. The van der Waals surface area contributed by atoms with Crippen molar-refractivity contribution < 1.29 is 9.53 Å². The Kier molecular flexibility index (Phi) is 3.40. The van der Waals surface area contributed by atoms with Crippen LogP contribution < -0.4 is 4.90 Å². The summed E-state index contributed by atoms with van der Waals surface area (Å²) in [5.41, 5.74) is 1.14. The number of rotatable bonds is 2. The third-order valence-corrected chi connectivity index (χ3v) is 2.92. The van der Waals surface area contributed by atoms with Crippen LogP contribution in [-0.4, -0.2) is 25.7 Å². The minimum atomic E-state index is -0.355. The third kappa shape index (κ3) is 2.29. The molecule has 0 aliphatic carbocycles. The second-order valence-corrected chi connectivity index (χ2v) is 4.03. The zero-order valence-electron chi connectivity index (χ0n) is 9.72. The molecule has 88 valence electrons. The van der Waals surface area contributed by atoms with Gasteiger partial charge in [-0.05, 0) is 25.0 Å². The van der Waals surface area contributed by atoms with Crippen molar-refractivity contribution in [1.82, 2.24) is 0 Å². The molecule has 0 bridgehead atoms. The van der Waals surface area contributed by atoms with Crippen molar-refractivity contribution in [3.8, 4) is 6.07 Å². The molecule has 2 rings (SSSR count). The molecule has 1 heterocycles. The number of carbonyl (C=O) groups excluding carboxylic acids is 1. The van der Waals surface area contributed by atoms with Crippen molar-refractivity contribution >= 4 is 11.6 Å². The normalized spacial score (nSPS) is 18.7. The van der Waals surface area contributed by atoms with Crippen molar-refractivity contribution in [3.05, 3.63) is 29.8 Å². The first-order chi connectivity index (χ1) is 8.24. The highest BCUT2D eigenvalue weighted by Crippen LogP contribution is 2.22. The average molecular weight is 230 g/mol. The van der Waals surface area contributed by atoms with Gasteiger partial charge in [0.05, 0.1) is 11.3 Å². The molecule has 1 aromatic rings. The van der Waals surface area contributed by atoms with Crippen LogP contribution >= 0.6 is 0 Å². The lowest BCUT2D eigenvalue weighted by Crippen LogP contribution is -2.36. The average Bonchev–Trinajstić information content (AvgIpc) is 2.90. The van der Waals surface area contributed by atoms with Crippen LogP contribution in [-0.2, 0) is 9.53 Å². The van der Waals surface area contributed by atoms with Gasteiger partial charge in [0, 0.05) is 13.7 Å². The van der Waals surface area contributed by atoms with Crippen molar-refractivity contribution in [2.24, 2.45) is 0 Å². The molecule has 1 amide bonds. The number of hydrogen-bond acceptors (Lipinski definition) is 3. The van der Waals surface area contributed by atoms with Crippen LogP contribution in [0.15, 0.2) is 24.3 Å². The van der Waals surface area contributed by atoms with Gasteiger partial charge in [-0.3, -0.25) is 4.79 Å². The number of nitrogens with zero attached hydrogens (tertiary/aromatic N) is 2. The summed E-state index contributed by atoms with van der Waals surface area (Å²) in [6, 6.07) is 9.16. The fourth-order valence-electron chi connectivity index (χ4n) is 1.97. The summed E-state index contributed by atoms with van der Waals surface area (Å²) in [6.45, 7) is 0.643. The molecule has 4 nitrogen and oxygen atoms in total. The highest BCUT2D eigenvalue weighted by molar-refractivity contribution is 5.97. The lowest BCUT2D eigenvalue weighted by Gasteiger charge is -2.21. The number of carbonyl (C=O) groups is 1. The van der Waals surface area contributed by atoms with Gasteiger partial charge in [-0.15, -0.1) is 0 Å². The van der Waals surface area contributed by atoms with Crippen LogP contribution in [0.1, 0.15) is 18.4 Å². The Morgan fingerprint density at radius 3 is 2.94 bits per heavy atom. The first kappa shape index (κ1) is 11.6. The van der Waals surface area contributed by atoms with E-state index in [1.807, 2.05) is 6.07 Å². The smallest absolute Gasteiger partial charge is 0.255 e. The van der Waals surface area contributed by atoms with Crippen LogP contribution in [0.25, 0.3) is 0 Å². The molecule has 4 heteroatoms. The number of benzene rings is 1. The molecule has 0 aromatic heterocycles. The first-order valence-electron chi connectivity index (χ1n) is 5.62. The van der Waals surface area contributed by atoms with Gasteiger partial charge in [0.25, 0.3) is 5.91 Å². The molecule has 1 aromatic carbocycles. The van der Waals surface area contributed by atoms with Crippen LogP contribution in [0.5, 0.6) is 0 Å². The minimum Gasteiger partial charge on any atom is -0.368 e. The Morgan fingerprint density at radius 2 is 2.29 bits per heavy atom. The number of ether oxygens (including phenoxy) is 1. The molecule has 0 N–H and O–H groups in total. The van der Waals surface area contributed by atoms with E-state index in [0.29, 0.717) is 17.9 Å². The minimum absolute atomic E-state index is 0.0785. The van der Waals surface area contributed by atoms with Gasteiger partial charge in [0.15, 0.2) is 0 Å². The third-order valence-electron chi connectivity index (χ3n) is 2.92. The molecule has 1 atom stereocenters. The van der Waals surface area contributed by atoms with Gasteiger partial charge in [-0.2, -0.15) is 5.26 Å². The van der Waals surface area contributed by atoms with Crippen molar-refractivity contribution in [2.75, 3.05) is 18.6 Å². The Morgan fingerprint density at radius 1 is 1.53 bits per heavy atom. The van der Waals surface area contributed by atoms with E-state index >= 15 is 0 Å². The number of likely N-dealkylation sites (N-methyl/N-ethyl adjacent to an activating group) is 1. The largest absolute Gasteiger partial charge is 0.368 e. The van der Waals surface area contributed by atoms with Crippen molar-refractivity contribution in [2.45, 2.75) is 18.9 Å². The highest BCUT2D eigenvalue weighted by atomic mass is 16.5. The predicted molar refractivity (Wildman–Crippen MR) is 63.5 cm³/mol. The summed E-state index contributed by atoms with van der Waals surface area (Å²) in [5, 5.41) is 9.00. The van der Waals surface area contributed by atoms with E-state index in [2.05, 4.69) is 6.07 Å². The fourth-order valence-corrected chi connectivity index (χ4v) is 1.97. The topological polar surface area (TPSA) is 53.3 Å². The molecule has 0 spiro atoms. The molecule has 17 heavy (non-hydrogen) atoms. The summed E-state index contributed by atoms with van der Waals surface area (Å²) in [7, 11) is 1.68. The number of anilines is 1. The van der Waals surface area contributed by atoms with E-state index in [-0.39, 0.29) is 12.0 Å². The second kappa shape index (κ2) is 4.98. The Balaban J connectivity index is 2.21. The molecular weight excluding hydrogens is 216 g/mol. The summed E-state index contributed by atoms with van der Waals surface area (Å²) >= 11 is 0. The van der Waals surface area contributed by atoms with Gasteiger partial charge in [-0.1, -0.05) is 12.1 Å². The van der Waals surface area contributed by atoms with E-state index in [1.165, 1.54) is 4.90 Å². The molecule has 0 radical (unpaired) electrons. The molecule has 1 fully saturated rings. The number of amides is 1. The summed E-state index contributed by atoms with van der Waals surface area (Å²) < 4.78 is 5.36. The number of para-hydroxylation sites is 1. The van der Waals surface area contributed by atoms with Gasteiger partial charge in [-0.25, -0.2) is 0 Å². The van der Waals surface area contributed by atoms with E-state index in [0.717, 1.165) is 12.8 Å². The monoisotopic (exact) mass is 230 g/mol. The van der Waals surface area contributed by atoms with Crippen LogP contribution in [0.4, 0.5) is 5.69 Å². The van der Waals surface area contributed by atoms with Gasteiger partial charge >= 0.3 is 0 Å². The number of nitriles is 1. The maximum absolute atomic E-state index is 12.1. The summed E-state index contributed by atoms with van der Waals surface area (Å²) in [5.74, 6) is -0.0785. The van der Waals surface area contributed by atoms with E-state index in [1.54, 1.807) is 25.2 Å². The second-order valence-electron chi connectivity index (χ2n) is 4.03. The lowest BCUT2D eigenvalue weighted by molar-refractivity contribution is -0.127. The highest BCUT2D eigenvalue weighted by Gasteiger charge is 2.27. The molecule has 1 aliphatic rings. The molecular formula is C13H14N2O2. The fraction of sp³-hybridized carbons (Fsp3) is 0.385. The Hall–Kier alpha value is -1.86. The van der Waals surface area contributed by atoms with Crippen molar-refractivity contribution in [1.29, 1.82) is 5.26 Å². The number of hydrogen-bond donors (Lipinski definition) is 0. The predicted octanol–water partition coefficient (Wildman–Crippen LogP) is 1.70. The van der Waals surface area contributed by atoms with Gasteiger partial charge in [0.1, 0.15) is 12.2 Å². The summed E-state index contributed by atoms with van der Waals surface area (Å²) in [4.78, 5) is 13.6. The lowest BCUT2D eigenvalue weighted by atomic mass is 10.1. The maximum Gasteiger partial charge on any atom is 0.255 e. The quantitative estimate of drug-likeness (QED) is 0.777. The van der Waals surface area contributed by atoms with E-state index in [9.17, 15) is 4.79 Å². The standard InChI is InChI=1S/C13H14N2O2/c1-15(13(16)12-7-4-8-17-12)11-6-3-2-5-10(11)9-14/h2-3,5-6,12H,4,7-8H2,1H3.